The van der Waals surface area contributed by atoms with E-state index in [9.17, 15) is 18.0 Å². The Morgan fingerprint density at radius 3 is 2.27 bits per heavy atom. The molecule has 0 unspecified atom stereocenters. The van der Waals surface area contributed by atoms with E-state index in [1.54, 1.807) is 12.0 Å². The average molecular weight is 529 g/mol. The van der Waals surface area contributed by atoms with E-state index in [1.807, 2.05) is 68.1 Å². The van der Waals surface area contributed by atoms with Crippen molar-refractivity contribution in [3.05, 3.63) is 59.2 Å². The van der Waals surface area contributed by atoms with Gasteiger partial charge in [-0.3, -0.25) is 9.59 Å². The van der Waals surface area contributed by atoms with Gasteiger partial charge in [0.05, 0.1) is 18.2 Å². The van der Waals surface area contributed by atoms with Crippen molar-refractivity contribution < 1.29 is 22.7 Å². The molecule has 2 heterocycles. The highest BCUT2D eigenvalue weighted by Crippen LogP contribution is 2.40. The Labute approximate surface area is 219 Å². The molecule has 0 saturated carbocycles. The summed E-state index contributed by atoms with van der Waals surface area (Å²) in [5.41, 5.74) is 2.45. The lowest BCUT2D eigenvalue weighted by Crippen LogP contribution is -2.57. The molecule has 0 bridgehead atoms. The summed E-state index contributed by atoms with van der Waals surface area (Å²) in [4.78, 5) is 30.3. The van der Waals surface area contributed by atoms with Gasteiger partial charge in [-0.25, -0.2) is 8.42 Å². The largest absolute Gasteiger partial charge is 0.383 e. The first kappa shape index (κ1) is 27.1. The number of piperidine rings is 1. The van der Waals surface area contributed by atoms with Crippen LogP contribution < -0.4 is 10.2 Å². The normalized spacial score (nSPS) is 18.0. The smallest absolute Gasteiger partial charge is 0.250 e. The molecule has 0 atom stereocenters. The first-order valence-electron chi connectivity index (χ1n) is 12.6. The van der Waals surface area contributed by atoms with Gasteiger partial charge in [0.15, 0.2) is 0 Å². The number of methoxy groups -OCH3 is 1. The molecule has 1 N–H and O–H groups in total. The summed E-state index contributed by atoms with van der Waals surface area (Å²) < 4.78 is 33.8. The first-order valence-corrected chi connectivity index (χ1v) is 14.0. The van der Waals surface area contributed by atoms with E-state index < -0.39 is 15.6 Å². The molecule has 2 aliphatic rings. The van der Waals surface area contributed by atoms with Gasteiger partial charge in [0.2, 0.25) is 21.8 Å². The van der Waals surface area contributed by atoms with Crippen LogP contribution in [0.15, 0.2) is 47.4 Å². The number of para-hydroxylation sites is 1. The molecule has 10 heteroatoms. The van der Waals surface area contributed by atoms with Crippen LogP contribution in [0, 0.1) is 20.8 Å². The topological polar surface area (TPSA) is 99.3 Å². The average Bonchev–Trinajstić information content (AvgIpc) is 3.10. The maximum absolute atomic E-state index is 13.8. The summed E-state index contributed by atoms with van der Waals surface area (Å²) in [5.74, 6) is -0.390. The Balaban J connectivity index is 1.58. The third kappa shape index (κ3) is 5.23. The lowest BCUT2D eigenvalue weighted by molar-refractivity contribution is -0.137. The van der Waals surface area contributed by atoms with E-state index in [0.29, 0.717) is 30.9 Å². The van der Waals surface area contributed by atoms with Gasteiger partial charge in [0, 0.05) is 32.4 Å². The van der Waals surface area contributed by atoms with Crippen LogP contribution in [-0.2, 0) is 24.3 Å². The van der Waals surface area contributed by atoms with Gasteiger partial charge in [-0.1, -0.05) is 35.9 Å². The summed E-state index contributed by atoms with van der Waals surface area (Å²) in [7, 11) is -2.16. The molecule has 0 aromatic heterocycles. The summed E-state index contributed by atoms with van der Waals surface area (Å²) in [5, 5.41) is 2.77. The van der Waals surface area contributed by atoms with E-state index in [2.05, 4.69) is 5.32 Å². The fraction of sp³-hybridized carbons (Fsp3) is 0.481. The number of nitrogens with zero attached hydrogens (tertiary/aromatic N) is 3. The predicted molar refractivity (Wildman–Crippen MR) is 142 cm³/mol. The van der Waals surface area contributed by atoms with Crippen molar-refractivity contribution in [2.75, 3.05) is 51.5 Å². The summed E-state index contributed by atoms with van der Waals surface area (Å²) in [6, 6.07) is 13.4. The summed E-state index contributed by atoms with van der Waals surface area (Å²) in [6.45, 7) is 7.02. The van der Waals surface area contributed by atoms with Crippen LogP contribution in [0.3, 0.4) is 0 Å². The number of rotatable bonds is 8. The number of benzene rings is 2. The van der Waals surface area contributed by atoms with Crippen LogP contribution in [0.4, 0.5) is 5.69 Å². The van der Waals surface area contributed by atoms with Gasteiger partial charge in [-0.05, 0) is 56.9 Å². The third-order valence-electron chi connectivity index (χ3n) is 7.30. The maximum Gasteiger partial charge on any atom is 0.250 e. The number of aryl methyl sites for hydroxylation is 3. The molecule has 2 fully saturated rings. The molecule has 1 spiro atoms. The van der Waals surface area contributed by atoms with Gasteiger partial charge in [-0.15, -0.1) is 0 Å². The Kier molecular flexibility index (Phi) is 7.91. The second-order valence-corrected chi connectivity index (χ2v) is 11.8. The summed E-state index contributed by atoms with van der Waals surface area (Å²) in [6.07, 6.45) is 0.678. The number of amides is 2. The zero-order valence-corrected chi connectivity index (χ0v) is 22.8. The van der Waals surface area contributed by atoms with Gasteiger partial charge in [0.25, 0.3) is 0 Å². The fourth-order valence-corrected chi connectivity index (χ4v) is 7.50. The molecule has 37 heavy (non-hydrogen) atoms. The highest BCUT2D eigenvalue weighted by atomic mass is 32.2. The van der Waals surface area contributed by atoms with Crippen LogP contribution in [-0.4, -0.2) is 81.5 Å². The van der Waals surface area contributed by atoms with Crippen molar-refractivity contribution in [3.8, 4) is 0 Å². The maximum atomic E-state index is 13.8. The van der Waals surface area contributed by atoms with E-state index in [0.717, 1.165) is 22.4 Å². The minimum atomic E-state index is -3.72. The fourth-order valence-electron chi connectivity index (χ4n) is 5.64. The predicted octanol–water partition coefficient (Wildman–Crippen LogP) is 2.20. The molecule has 200 valence electrons. The number of hydrogen-bond donors (Lipinski definition) is 1. The molecular weight excluding hydrogens is 492 g/mol. The number of hydrogen-bond acceptors (Lipinski definition) is 6. The molecule has 2 saturated heterocycles. The highest BCUT2D eigenvalue weighted by molar-refractivity contribution is 7.89. The van der Waals surface area contributed by atoms with E-state index in [1.165, 1.54) is 4.31 Å². The number of anilines is 1. The van der Waals surface area contributed by atoms with Crippen LogP contribution in [0.5, 0.6) is 0 Å². The minimum Gasteiger partial charge on any atom is -0.383 e. The highest BCUT2D eigenvalue weighted by Gasteiger charge is 2.55. The second kappa shape index (κ2) is 10.8. The van der Waals surface area contributed by atoms with E-state index in [4.69, 9.17) is 4.74 Å². The minimum absolute atomic E-state index is 0.0581. The number of sulfonamides is 1. The van der Waals surface area contributed by atoms with E-state index >= 15 is 0 Å². The van der Waals surface area contributed by atoms with Crippen molar-refractivity contribution in [1.29, 1.82) is 0 Å². The SMILES string of the molecule is COCCNC(=O)CN1CN(c2ccccc2)C2(CCN(S(=O)(=O)c3c(C)cc(C)cc3C)CC2)C1=O. The van der Waals surface area contributed by atoms with Crippen LogP contribution in [0.2, 0.25) is 0 Å². The quantitative estimate of drug-likeness (QED) is 0.528. The number of carbonyl (C=O) groups excluding carboxylic acids is 2. The number of ether oxygens (including phenoxy) is 1. The van der Waals surface area contributed by atoms with Crippen molar-refractivity contribution in [2.24, 2.45) is 0 Å². The van der Waals surface area contributed by atoms with Gasteiger partial charge in [0.1, 0.15) is 12.1 Å². The van der Waals surface area contributed by atoms with Crippen molar-refractivity contribution in [1.82, 2.24) is 14.5 Å². The summed E-state index contributed by atoms with van der Waals surface area (Å²) >= 11 is 0. The lowest BCUT2D eigenvalue weighted by Gasteiger charge is -2.43. The second-order valence-electron chi connectivity index (χ2n) is 9.91. The molecule has 2 aliphatic heterocycles. The molecular formula is C27H36N4O5S. The molecule has 2 aromatic rings. The van der Waals surface area contributed by atoms with Crippen LogP contribution in [0.25, 0.3) is 0 Å². The first-order chi connectivity index (χ1) is 17.6. The molecule has 0 radical (unpaired) electrons. The van der Waals surface area contributed by atoms with Gasteiger partial charge < -0.3 is 19.9 Å². The van der Waals surface area contributed by atoms with Gasteiger partial charge >= 0.3 is 0 Å². The molecule has 2 amide bonds. The number of carbonyl (C=O) groups is 2. The lowest BCUT2D eigenvalue weighted by atomic mass is 9.86. The van der Waals surface area contributed by atoms with Crippen LogP contribution in [0.1, 0.15) is 29.5 Å². The third-order valence-corrected chi connectivity index (χ3v) is 9.50. The molecule has 2 aromatic carbocycles. The zero-order valence-electron chi connectivity index (χ0n) is 22.0. The van der Waals surface area contributed by atoms with Crippen molar-refractivity contribution in [3.63, 3.8) is 0 Å². The molecule has 0 aliphatic carbocycles. The van der Waals surface area contributed by atoms with E-state index in [-0.39, 0.29) is 38.1 Å². The Morgan fingerprint density at radius 1 is 1.05 bits per heavy atom. The van der Waals surface area contributed by atoms with Crippen molar-refractivity contribution >= 4 is 27.5 Å². The molecule has 4 rings (SSSR count). The Bertz CT molecular complexity index is 1230. The van der Waals surface area contributed by atoms with Crippen LogP contribution >= 0.6 is 0 Å². The monoisotopic (exact) mass is 528 g/mol. The molecule has 9 nitrogen and oxygen atoms in total. The standard InChI is InChI=1S/C27H36N4O5S/c1-20-16-21(2)25(22(3)17-20)37(34,35)30-13-10-27(11-14-30)26(33)29(18-24(32)28-12-15-36-4)19-31(27)23-8-6-5-7-9-23/h5-9,16-17H,10-15,18-19H2,1-4H3,(H,28,32). The van der Waals surface area contributed by atoms with Crippen molar-refractivity contribution in [2.45, 2.75) is 44.0 Å². The zero-order chi connectivity index (χ0) is 26.8. The Morgan fingerprint density at radius 2 is 1.68 bits per heavy atom. The number of nitrogens with one attached hydrogen (secondary N) is 1. The Hall–Kier alpha value is -2.95. The van der Waals surface area contributed by atoms with Gasteiger partial charge in [-0.2, -0.15) is 4.31 Å².